The van der Waals surface area contributed by atoms with E-state index in [0.29, 0.717) is 24.3 Å². The number of aromatic nitrogens is 1. The third-order valence-corrected chi connectivity index (χ3v) is 5.19. The Hall–Kier alpha value is -3.28. The average molecular weight is 408 g/mol. The highest BCUT2D eigenvalue weighted by molar-refractivity contribution is 5.91. The van der Waals surface area contributed by atoms with Crippen LogP contribution in [-0.4, -0.2) is 57.2 Å². The van der Waals surface area contributed by atoms with Crippen LogP contribution in [0.5, 0.6) is 0 Å². The highest BCUT2D eigenvalue weighted by Crippen LogP contribution is 2.23. The summed E-state index contributed by atoms with van der Waals surface area (Å²) in [5, 5.41) is 32.0. The van der Waals surface area contributed by atoms with Crippen LogP contribution in [0.4, 0.5) is 0 Å². The van der Waals surface area contributed by atoms with Crippen molar-refractivity contribution in [3.63, 3.8) is 0 Å². The molecule has 3 rings (SSSR count). The van der Waals surface area contributed by atoms with Crippen LogP contribution in [0.1, 0.15) is 37.1 Å². The van der Waals surface area contributed by atoms with Crippen molar-refractivity contribution >= 4 is 11.8 Å². The van der Waals surface area contributed by atoms with Gasteiger partial charge in [-0.2, -0.15) is 5.26 Å². The number of nitrogens with one attached hydrogen (secondary N) is 1. The Morgan fingerprint density at radius 3 is 2.47 bits per heavy atom. The van der Waals surface area contributed by atoms with E-state index in [9.17, 15) is 25.1 Å². The Balaban J connectivity index is 1.63. The third-order valence-electron chi connectivity index (χ3n) is 5.19. The number of carbonyl (C=O) groups is 2. The molecule has 1 unspecified atom stereocenters. The van der Waals surface area contributed by atoms with Crippen molar-refractivity contribution in [1.82, 2.24) is 15.2 Å². The molecule has 0 spiro atoms. The maximum atomic E-state index is 12.3. The van der Waals surface area contributed by atoms with Crippen LogP contribution >= 0.6 is 0 Å². The maximum absolute atomic E-state index is 12.3. The second-order valence-electron chi connectivity index (χ2n) is 7.28. The van der Waals surface area contributed by atoms with Gasteiger partial charge in [0.05, 0.1) is 23.4 Å². The van der Waals surface area contributed by atoms with Gasteiger partial charge in [-0.25, -0.2) is 0 Å². The molecule has 2 aromatic rings. The lowest BCUT2D eigenvalue weighted by Crippen LogP contribution is -2.50. The van der Waals surface area contributed by atoms with Crippen molar-refractivity contribution in [3.05, 3.63) is 53.9 Å². The number of carbonyl (C=O) groups excluding carboxylic acids is 2. The monoisotopic (exact) mass is 408 g/mol. The number of nitrogens with zero attached hydrogens (tertiary/aromatic N) is 3. The van der Waals surface area contributed by atoms with Gasteiger partial charge in [-0.3, -0.25) is 14.6 Å². The van der Waals surface area contributed by atoms with Crippen LogP contribution in [0.25, 0.3) is 11.1 Å². The first kappa shape index (κ1) is 21.4. The Morgan fingerprint density at radius 2 is 1.83 bits per heavy atom. The van der Waals surface area contributed by atoms with Gasteiger partial charge >= 0.3 is 0 Å². The molecule has 1 aromatic carbocycles. The molecule has 2 amide bonds. The molecule has 30 heavy (non-hydrogen) atoms. The fourth-order valence-electron chi connectivity index (χ4n) is 3.43. The number of likely N-dealkylation sites (tertiary alicyclic amines) is 1. The molecule has 8 nitrogen and oxygen atoms in total. The zero-order chi connectivity index (χ0) is 21.7. The number of rotatable bonds is 6. The zero-order valence-corrected chi connectivity index (χ0v) is 16.7. The van der Waals surface area contributed by atoms with E-state index in [-0.39, 0.29) is 0 Å². The highest BCUT2D eigenvalue weighted by Gasteiger charge is 2.34. The summed E-state index contributed by atoms with van der Waals surface area (Å²) < 4.78 is 0. The van der Waals surface area contributed by atoms with Crippen LogP contribution in [0.15, 0.2) is 42.6 Å². The molecule has 1 saturated heterocycles. The predicted octanol–water partition coefficient (Wildman–Crippen LogP) is 1.14. The number of amides is 2. The number of aliphatic hydroxyl groups excluding tert-OH is 2. The molecular formula is C22H24N4O4. The smallest absolute Gasteiger partial charge is 0.254 e. The van der Waals surface area contributed by atoms with E-state index < -0.39 is 30.1 Å². The van der Waals surface area contributed by atoms with Crippen molar-refractivity contribution in [3.8, 4) is 17.2 Å². The Labute approximate surface area is 174 Å². The summed E-state index contributed by atoms with van der Waals surface area (Å²) in [4.78, 5) is 30.3. The number of benzene rings is 1. The number of pyridine rings is 1. The minimum Gasteiger partial charge on any atom is -0.380 e. The molecule has 0 aliphatic carbocycles. The lowest BCUT2D eigenvalue weighted by molar-refractivity contribution is -0.152. The number of nitriles is 1. The summed E-state index contributed by atoms with van der Waals surface area (Å²) in [6, 6.07) is 12.3. The average Bonchev–Trinajstić information content (AvgIpc) is 3.32. The number of hydrogen-bond donors (Lipinski definition) is 3. The van der Waals surface area contributed by atoms with Crippen molar-refractivity contribution in [2.75, 3.05) is 13.1 Å². The van der Waals surface area contributed by atoms with Crippen LogP contribution in [0, 0.1) is 11.3 Å². The molecule has 3 N–H and O–H groups in total. The maximum Gasteiger partial charge on any atom is 0.254 e. The molecule has 8 heteroatoms. The molecule has 0 radical (unpaired) electrons. The largest absolute Gasteiger partial charge is 0.380 e. The Kier molecular flexibility index (Phi) is 6.77. The molecule has 0 saturated carbocycles. The minimum atomic E-state index is -1.86. The van der Waals surface area contributed by atoms with Crippen LogP contribution in [0.3, 0.4) is 0 Å². The summed E-state index contributed by atoms with van der Waals surface area (Å²) >= 11 is 0. The summed E-state index contributed by atoms with van der Waals surface area (Å²) in [6.07, 6.45) is -0.358. The van der Waals surface area contributed by atoms with Gasteiger partial charge in [-0.05, 0) is 31.9 Å². The Morgan fingerprint density at radius 1 is 1.13 bits per heavy atom. The first-order valence-corrected chi connectivity index (χ1v) is 9.83. The van der Waals surface area contributed by atoms with E-state index in [0.717, 1.165) is 24.0 Å². The van der Waals surface area contributed by atoms with Gasteiger partial charge in [0.2, 0.25) is 0 Å². The van der Waals surface area contributed by atoms with Crippen molar-refractivity contribution in [1.29, 1.82) is 5.26 Å². The van der Waals surface area contributed by atoms with Crippen molar-refractivity contribution < 1.29 is 19.8 Å². The molecular weight excluding hydrogens is 384 g/mol. The Bertz CT molecular complexity index is 948. The fourth-order valence-corrected chi connectivity index (χ4v) is 3.43. The molecule has 1 aliphatic rings. The molecule has 3 atom stereocenters. The van der Waals surface area contributed by atoms with Gasteiger partial charge in [-0.1, -0.05) is 24.3 Å². The summed E-state index contributed by atoms with van der Waals surface area (Å²) in [5.74, 6) is -1.48. The standard InChI is InChI=1S/C22H24N4O4/c1-14(25-21(29)19(27)20(28)22(30)26-10-4-5-11-26)18-9-8-16(13-24-18)17-7-3-2-6-15(17)12-23/h2-3,6-9,13-14,19-20,27-28H,4-5,10-11H2,1H3,(H,25,29)/t14?,19-,20-/m1/s1. The second kappa shape index (κ2) is 9.48. The van der Waals surface area contributed by atoms with E-state index >= 15 is 0 Å². The predicted molar refractivity (Wildman–Crippen MR) is 109 cm³/mol. The van der Waals surface area contributed by atoms with Gasteiger partial charge in [0, 0.05) is 30.4 Å². The van der Waals surface area contributed by atoms with Gasteiger partial charge in [0.1, 0.15) is 0 Å². The van der Waals surface area contributed by atoms with E-state index in [1.54, 1.807) is 37.4 Å². The fraction of sp³-hybridized carbons (Fsp3) is 0.364. The molecule has 1 aliphatic heterocycles. The van der Waals surface area contributed by atoms with Gasteiger partial charge < -0.3 is 20.4 Å². The molecule has 0 bridgehead atoms. The van der Waals surface area contributed by atoms with E-state index in [1.807, 2.05) is 12.1 Å². The summed E-state index contributed by atoms with van der Waals surface area (Å²) in [7, 11) is 0. The van der Waals surface area contributed by atoms with Gasteiger partial charge in [0.25, 0.3) is 11.8 Å². The SMILES string of the molecule is CC(NC(=O)[C@H](O)[C@@H](O)C(=O)N1CCCC1)c1ccc(-c2ccccc2C#N)cn1. The van der Waals surface area contributed by atoms with E-state index in [1.165, 1.54) is 4.90 Å². The normalized spacial score (nSPS) is 16.4. The van der Waals surface area contributed by atoms with Crippen LogP contribution in [-0.2, 0) is 9.59 Å². The van der Waals surface area contributed by atoms with Crippen LogP contribution < -0.4 is 5.32 Å². The molecule has 1 aromatic heterocycles. The summed E-state index contributed by atoms with van der Waals surface area (Å²) in [6.45, 7) is 2.72. The third kappa shape index (κ3) is 4.64. The molecule has 2 heterocycles. The number of aliphatic hydroxyl groups is 2. The lowest BCUT2D eigenvalue weighted by atomic mass is 10.0. The van der Waals surface area contributed by atoms with E-state index in [2.05, 4.69) is 16.4 Å². The topological polar surface area (TPSA) is 127 Å². The van der Waals surface area contributed by atoms with Crippen molar-refractivity contribution in [2.45, 2.75) is 38.0 Å². The van der Waals surface area contributed by atoms with E-state index in [4.69, 9.17) is 0 Å². The first-order valence-electron chi connectivity index (χ1n) is 9.83. The minimum absolute atomic E-state index is 0.520. The zero-order valence-electron chi connectivity index (χ0n) is 16.7. The quantitative estimate of drug-likeness (QED) is 0.658. The number of hydrogen-bond acceptors (Lipinski definition) is 6. The highest BCUT2D eigenvalue weighted by atomic mass is 16.3. The summed E-state index contributed by atoms with van der Waals surface area (Å²) in [5.41, 5.74) is 2.60. The molecule has 156 valence electrons. The second-order valence-corrected chi connectivity index (χ2v) is 7.28. The molecule has 1 fully saturated rings. The van der Waals surface area contributed by atoms with Gasteiger partial charge in [0.15, 0.2) is 12.2 Å². The lowest BCUT2D eigenvalue weighted by Gasteiger charge is -2.23. The van der Waals surface area contributed by atoms with Crippen LogP contribution in [0.2, 0.25) is 0 Å². The first-order chi connectivity index (χ1) is 14.4. The van der Waals surface area contributed by atoms with Gasteiger partial charge in [-0.15, -0.1) is 0 Å². The van der Waals surface area contributed by atoms with Crippen molar-refractivity contribution in [2.24, 2.45) is 0 Å².